The lowest BCUT2D eigenvalue weighted by molar-refractivity contribution is -0.136. The number of hydrogen-bond donors (Lipinski definition) is 1. The van der Waals surface area contributed by atoms with Gasteiger partial charge in [-0.2, -0.15) is 23.3 Å². The highest BCUT2D eigenvalue weighted by Gasteiger charge is 2.36. The predicted octanol–water partition coefficient (Wildman–Crippen LogP) is 5.64. The van der Waals surface area contributed by atoms with Gasteiger partial charge in [0.15, 0.2) is 12.3 Å². The van der Waals surface area contributed by atoms with Crippen LogP contribution < -0.4 is 10.1 Å². The van der Waals surface area contributed by atoms with Crippen LogP contribution in [0.5, 0.6) is 5.88 Å². The number of alkyl halides is 3. The van der Waals surface area contributed by atoms with Crippen molar-refractivity contribution in [1.29, 1.82) is 0 Å². The number of pyridine rings is 1. The number of aryl methyl sites for hydroxylation is 3. The Labute approximate surface area is 194 Å². The third-order valence-corrected chi connectivity index (χ3v) is 5.37. The average molecular weight is 468 g/mol. The summed E-state index contributed by atoms with van der Waals surface area (Å²) >= 11 is 0. The number of rotatable bonds is 6. The van der Waals surface area contributed by atoms with E-state index in [4.69, 9.17) is 4.74 Å². The molecule has 0 radical (unpaired) electrons. The van der Waals surface area contributed by atoms with E-state index < -0.39 is 24.3 Å². The van der Waals surface area contributed by atoms with Crippen molar-refractivity contribution in [2.75, 3.05) is 11.9 Å². The minimum atomic E-state index is -4.66. The molecule has 0 aliphatic carbocycles. The third kappa shape index (κ3) is 4.88. The molecule has 0 unspecified atom stereocenters. The van der Waals surface area contributed by atoms with Gasteiger partial charge in [-0.3, -0.25) is 4.79 Å². The zero-order valence-corrected chi connectivity index (χ0v) is 18.9. The lowest BCUT2D eigenvalue weighted by Crippen LogP contribution is -2.20. The third-order valence-electron chi connectivity index (χ3n) is 5.37. The monoisotopic (exact) mass is 468 g/mol. The maximum Gasteiger partial charge on any atom is 0.417 e. The summed E-state index contributed by atoms with van der Waals surface area (Å²) in [7, 11) is 0. The van der Waals surface area contributed by atoms with Gasteiger partial charge < -0.3 is 10.1 Å². The van der Waals surface area contributed by atoms with Crippen molar-refractivity contribution in [3.05, 3.63) is 77.0 Å². The number of nitrogens with one attached hydrogen (secondary N) is 1. The van der Waals surface area contributed by atoms with E-state index in [0.717, 1.165) is 23.6 Å². The fraction of sp³-hybridized carbons (Fsp3) is 0.240. The number of aromatic nitrogens is 3. The minimum Gasteiger partial charge on any atom is -0.467 e. The first-order chi connectivity index (χ1) is 16.2. The van der Waals surface area contributed by atoms with Crippen LogP contribution in [0, 0.1) is 13.8 Å². The second-order valence-corrected chi connectivity index (χ2v) is 7.92. The van der Waals surface area contributed by atoms with Crippen LogP contribution in [0.1, 0.15) is 29.3 Å². The first kappa shape index (κ1) is 23.3. The number of amides is 1. The van der Waals surface area contributed by atoms with Crippen LogP contribution in [-0.4, -0.2) is 27.3 Å². The number of carbonyl (C=O) groups excluding carboxylic acids is 1. The Balaban J connectivity index is 1.65. The summed E-state index contributed by atoms with van der Waals surface area (Å²) in [6, 6.07) is 15.3. The minimum absolute atomic E-state index is 0.00161. The Morgan fingerprint density at radius 3 is 2.35 bits per heavy atom. The number of benzene rings is 2. The van der Waals surface area contributed by atoms with Gasteiger partial charge in [-0.05, 0) is 50.1 Å². The number of anilines is 1. The van der Waals surface area contributed by atoms with Crippen LogP contribution in [0.15, 0.2) is 54.6 Å². The van der Waals surface area contributed by atoms with E-state index in [2.05, 4.69) is 15.4 Å². The highest BCUT2D eigenvalue weighted by molar-refractivity contribution is 5.92. The molecule has 0 aliphatic heterocycles. The molecule has 2 aromatic heterocycles. The van der Waals surface area contributed by atoms with Crippen molar-refractivity contribution in [1.82, 2.24) is 14.8 Å². The van der Waals surface area contributed by atoms with E-state index in [1.54, 1.807) is 24.3 Å². The molecule has 9 heteroatoms. The molecule has 0 bridgehead atoms. The van der Waals surface area contributed by atoms with Crippen LogP contribution >= 0.6 is 0 Å². The van der Waals surface area contributed by atoms with Crippen molar-refractivity contribution < 1.29 is 22.7 Å². The first-order valence-corrected chi connectivity index (χ1v) is 10.7. The molecule has 1 N–H and O–H groups in total. The molecule has 4 rings (SSSR count). The maximum atomic E-state index is 13.9. The zero-order chi connectivity index (χ0) is 24.5. The van der Waals surface area contributed by atoms with Crippen LogP contribution in [0.3, 0.4) is 0 Å². The molecule has 34 heavy (non-hydrogen) atoms. The molecule has 0 saturated heterocycles. The number of nitrogens with zero attached hydrogens (tertiary/aromatic N) is 3. The summed E-state index contributed by atoms with van der Waals surface area (Å²) in [6.07, 6.45) is -3.79. The molecule has 0 spiro atoms. The standard InChI is InChI=1S/C25H23F3N4O2/c1-4-17-7-9-18(10-8-17)29-21(33)14-34-22-13-20(25(26,27)28)23-16(3)31-32(24(23)30-22)19-11-5-15(2)6-12-19/h5-13H,4,14H2,1-3H3,(H,29,33). The summed E-state index contributed by atoms with van der Waals surface area (Å²) in [4.78, 5) is 16.6. The smallest absolute Gasteiger partial charge is 0.417 e. The highest BCUT2D eigenvalue weighted by atomic mass is 19.4. The quantitative estimate of drug-likeness (QED) is 0.398. The van der Waals surface area contributed by atoms with Gasteiger partial charge in [-0.1, -0.05) is 36.8 Å². The van der Waals surface area contributed by atoms with Crippen LogP contribution in [-0.2, 0) is 17.4 Å². The molecule has 2 aromatic carbocycles. The van der Waals surface area contributed by atoms with Gasteiger partial charge in [0.05, 0.1) is 22.3 Å². The van der Waals surface area contributed by atoms with E-state index in [1.165, 1.54) is 11.6 Å². The lowest BCUT2D eigenvalue weighted by atomic mass is 10.1. The highest BCUT2D eigenvalue weighted by Crippen LogP contribution is 2.38. The lowest BCUT2D eigenvalue weighted by Gasteiger charge is -2.12. The van der Waals surface area contributed by atoms with Crippen LogP contribution in [0.4, 0.5) is 18.9 Å². The molecule has 6 nitrogen and oxygen atoms in total. The summed E-state index contributed by atoms with van der Waals surface area (Å²) in [6.45, 7) is 4.93. The Hall–Kier alpha value is -3.88. The molecule has 1 amide bonds. The second kappa shape index (κ2) is 9.17. The second-order valence-electron chi connectivity index (χ2n) is 7.92. The van der Waals surface area contributed by atoms with E-state index in [0.29, 0.717) is 11.4 Å². The number of hydrogen-bond acceptors (Lipinski definition) is 4. The van der Waals surface area contributed by atoms with Crippen LogP contribution in [0.2, 0.25) is 0 Å². The predicted molar refractivity (Wildman–Crippen MR) is 123 cm³/mol. The van der Waals surface area contributed by atoms with Crippen molar-refractivity contribution in [3.63, 3.8) is 0 Å². The summed E-state index contributed by atoms with van der Waals surface area (Å²) in [5.41, 5.74) is 2.52. The Kier molecular flexibility index (Phi) is 6.28. The Morgan fingerprint density at radius 1 is 1.06 bits per heavy atom. The largest absolute Gasteiger partial charge is 0.467 e. The molecule has 0 saturated carbocycles. The number of halogens is 3. The SMILES string of the molecule is CCc1ccc(NC(=O)COc2cc(C(F)(F)F)c3c(C)nn(-c4ccc(C)cc4)c3n2)cc1. The summed E-state index contributed by atoms with van der Waals surface area (Å²) < 4.78 is 48.4. The van der Waals surface area contributed by atoms with E-state index in [9.17, 15) is 18.0 Å². The topological polar surface area (TPSA) is 69.0 Å². The van der Waals surface area contributed by atoms with Crippen molar-refractivity contribution >= 4 is 22.6 Å². The Bertz CT molecular complexity index is 1330. The van der Waals surface area contributed by atoms with Gasteiger partial charge in [0.25, 0.3) is 5.91 Å². The van der Waals surface area contributed by atoms with E-state index in [1.807, 2.05) is 38.1 Å². The van der Waals surface area contributed by atoms with E-state index in [-0.39, 0.29) is 22.6 Å². The number of ether oxygens (including phenoxy) is 1. The number of carbonyl (C=O) groups is 1. The molecular formula is C25H23F3N4O2. The van der Waals surface area contributed by atoms with Gasteiger partial charge in [-0.15, -0.1) is 0 Å². The fourth-order valence-corrected chi connectivity index (χ4v) is 3.59. The van der Waals surface area contributed by atoms with Gasteiger partial charge in [0.1, 0.15) is 0 Å². The molecular weight excluding hydrogens is 445 g/mol. The average Bonchev–Trinajstić information content (AvgIpc) is 3.14. The zero-order valence-electron chi connectivity index (χ0n) is 18.9. The van der Waals surface area contributed by atoms with E-state index >= 15 is 0 Å². The molecule has 0 aliphatic rings. The van der Waals surface area contributed by atoms with Crippen molar-refractivity contribution in [3.8, 4) is 11.6 Å². The van der Waals surface area contributed by atoms with Gasteiger partial charge in [0, 0.05) is 11.8 Å². The van der Waals surface area contributed by atoms with Crippen molar-refractivity contribution in [2.45, 2.75) is 33.4 Å². The first-order valence-electron chi connectivity index (χ1n) is 10.7. The normalized spacial score (nSPS) is 11.6. The number of fused-ring (bicyclic) bond motifs is 1. The van der Waals surface area contributed by atoms with Crippen LogP contribution in [0.25, 0.3) is 16.7 Å². The summed E-state index contributed by atoms with van der Waals surface area (Å²) in [5.74, 6) is -0.826. The summed E-state index contributed by atoms with van der Waals surface area (Å²) in [5, 5.41) is 6.84. The van der Waals surface area contributed by atoms with Gasteiger partial charge in [0.2, 0.25) is 5.88 Å². The van der Waals surface area contributed by atoms with Gasteiger partial charge >= 0.3 is 6.18 Å². The van der Waals surface area contributed by atoms with Gasteiger partial charge in [-0.25, -0.2) is 4.68 Å². The van der Waals surface area contributed by atoms with Crippen molar-refractivity contribution in [2.24, 2.45) is 0 Å². The molecule has 4 aromatic rings. The fourth-order valence-electron chi connectivity index (χ4n) is 3.59. The molecule has 0 atom stereocenters. The Morgan fingerprint density at radius 2 is 1.74 bits per heavy atom. The molecule has 2 heterocycles. The maximum absolute atomic E-state index is 13.9. The molecule has 0 fully saturated rings. The molecule has 176 valence electrons.